The van der Waals surface area contributed by atoms with E-state index in [1.807, 2.05) is 0 Å². The molecular weight excluding hydrogens is 234 g/mol. The molecule has 2 aromatic rings. The maximum Gasteiger partial charge on any atom is 0.292 e. The summed E-state index contributed by atoms with van der Waals surface area (Å²) in [6.45, 7) is 1.42. The Morgan fingerprint density at radius 3 is 2.56 bits per heavy atom. The van der Waals surface area contributed by atoms with E-state index in [0.717, 1.165) is 0 Å². The molecule has 0 saturated heterocycles. The van der Waals surface area contributed by atoms with Gasteiger partial charge < -0.3 is 10.6 Å². The number of nitrogens with one attached hydrogen (secondary N) is 3. The van der Waals surface area contributed by atoms with Crippen molar-refractivity contribution in [2.24, 2.45) is 0 Å². The standard InChI is InChI=1S/C11H11N5O2/c1-7(17)14-8-3-2-4-9(5-8)15-11(18)10-12-6-13-16-10/h2-6H,1H3,(H,14,17)(H,15,18)(H,12,13,16). The van der Waals surface area contributed by atoms with Gasteiger partial charge in [-0.25, -0.2) is 4.98 Å². The van der Waals surface area contributed by atoms with Gasteiger partial charge in [-0.05, 0) is 18.2 Å². The zero-order valence-corrected chi connectivity index (χ0v) is 9.60. The maximum absolute atomic E-state index is 11.7. The number of amides is 2. The average molecular weight is 245 g/mol. The van der Waals surface area contributed by atoms with E-state index in [-0.39, 0.29) is 11.7 Å². The lowest BCUT2D eigenvalue weighted by Crippen LogP contribution is -2.14. The highest BCUT2D eigenvalue weighted by atomic mass is 16.2. The molecule has 2 rings (SSSR count). The summed E-state index contributed by atoms with van der Waals surface area (Å²) in [4.78, 5) is 26.3. The first-order valence-electron chi connectivity index (χ1n) is 5.19. The number of benzene rings is 1. The van der Waals surface area contributed by atoms with E-state index in [2.05, 4.69) is 25.8 Å². The van der Waals surface area contributed by atoms with Gasteiger partial charge in [-0.2, -0.15) is 5.10 Å². The summed E-state index contributed by atoms with van der Waals surface area (Å²) >= 11 is 0. The Morgan fingerprint density at radius 1 is 1.22 bits per heavy atom. The number of rotatable bonds is 3. The number of anilines is 2. The van der Waals surface area contributed by atoms with Crippen molar-refractivity contribution in [3.63, 3.8) is 0 Å². The maximum atomic E-state index is 11.7. The summed E-state index contributed by atoms with van der Waals surface area (Å²) in [5.41, 5.74) is 1.17. The van der Waals surface area contributed by atoms with Gasteiger partial charge in [0.25, 0.3) is 5.91 Å². The molecule has 0 aliphatic heterocycles. The van der Waals surface area contributed by atoms with Crippen molar-refractivity contribution in [3.8, 4) is 0 Å². The molecule has 0 radical (unpaired) electrons. The Kier molecular flexibility index (Phi) is 3.33. The number of hydrogen-bond donors (Lipinski definition) is 3. The quantitative estimate of drug-likeness (QED) is 0.751. The molecule has 3 N–H and O–H groups in total. The SMILES string of the molecule is CC(=O)Nc1cccc(NC(=O)c2ncn[nH]2)c1. The molecule has 1 aromatic heterocycles. The van der Waals surface area contributed by atoms with Gasteiger partial charge in [0, 0.05) is 18.3 Å². The molecule has 1 heterocycles. The number of carbonyl (C=O) groups excluding carboxylic acids is 2. The van der Waals surface area contributed by atoms with Crippen LogP contribution in [0.3, 0.4) is 0 Å². The van der Waals surface area contributed by atoms with Crippen LogP contribution in [-0.4, -0.2) is 27.0 Å². The second-order valence-corrected chi connectivity index (χ2v) is 3.55. The van der Waals surface area contributed by atoms with Crippen LogP contribution in [0.15, 0.2) is 30.6 Å². The van der Waals surface area contributed by atoms with Crippen LogP contribution in [0.1, 0.15) is 17.5 Å². The van der Waals surface area contributed by atoms with Crippen LogP contribution in [0, 0.1) is 0 Å². The first-order valence-corrected chi connectivity index (χ1v) is 5.19. The predicted molar refractivity (Wildman–Crippen MR) is 65.1 cm³/mol. The average Bonchev–Trinajstić information content (AvgIpc) is 2.81. The van der Waals surface area contributed by atoms with Crippen molar-refractivity contribution < 1.29 is 9.59 Å². The van der Waals surface area contributed by atoms with Crippen LogP contribution in [0.2, 0.25) is 0 Å². The first-order chi connectivity index (χ1) is 8.65. The van der Waals surface area contributed by atoms with Gasteiger partial charge in [-0.15, -0.1) is 0 Å². The molecule has 18 heavy (non-hydrogen) atoms. The lowest BCUT2D eigenvalue weighted by Gasteiger charge is -2.06. The van der Waals surface area contributed by atoms with Gasteiger partial charge in [0.2, 0.25) is 11.7 Å². The Labute approximate surface area is 103 Å². The number of nitrogens with zero attached hydrogens (tertiary/aromatic N) is 2. The largest absolute Gasteiger partial charge is 0.326 e. The molecule has 0 fully saturated rings. The van der Waals surface area contributed by atoms with Crippen LogP contribution < -0.4 is 10.6 Å². The minimum absolute atomic E-state index is 0.125. The third-order valence-electron chi connectivity index (χ3n) is 2.07. The fourth-order valence-electron chi connectivity index (χ4n) is 1.38. The highest BCUT2D eigenvalue weighted by Gasteiger charge is 2.08. The minimum atomic E-state index is -0.396. The summed E-state index contributed by atoms with van der Waals surface area (Å²) in [6, 6.07) is 6.81. The lowest BCUT2D eigenvalue weighted by atomic mass is 10.2. The van der Waals surface area contributed by atoms with Crippen molar-refractivity contribution >= 4 is 23.2 Å². The van der Waals surface area contributed by atoms with E-state index < -0.39 is 5.91 Å². The Hall–Kier alpha value is -2.70. The number of aromatic nitrogens is 3. The lowest BCUT2D eigenvalue weighted by molar-refractivity contribution is -0.114. The summed E-state index contributed by atoms with van der Waals surface area (Å²) < 4.78 is 0. The fraction of sp³-hybridized carbons (Fsp3) is 0.0909. The molecule has 0 saturated carbocycles. The predicted octanol–water partition coefficient (Wildman–Crippen LogP) is 1.02. The van der Waals surface area contributed by atoms with Crippen LogP contribution in [-0.2, 0) is 4.79 Å². The first kappa shape index (κ1) is 11.8. The zero-order valence-electron chi connectivity index (χ0n) is 9.60. The van der Waals surface area contributed by atoms with Crippen molar-refractivity contribution in [2.45, 2.75) is 6.92 Å². The highest BCUT2D eigenvalue weighted by molar-refractivity contribution is 6.01. The molecule has 0 unspecified atom stereocenters. The molecule has 0 bridgehead atoms. The minimum Gasteiger partial charge on any atom is -0.326 e. The second kappa shape index (κ2) is 5.09. The molecule has 7 heteroatoms. The van der Waals surface area contributed by atoms with Crippen molar-refractivity contribution in [1.82, 2.24) is 15.2 Å². The van der Waals surface area contributed by atoms with Crippen LogP contribution in [0.4, 0.5) is 11.4 Å². The molecule has 0 atom stereocenters. The molecule has 92 valence electrons. The molecule has 7 nitrogen and oxygen atoms in total. The monoisotopic (exact) mass is 245 g/mol. The number of H-pyrrole nitrogens is 1. The third-order valence-corrected chi connectivity index (χ3v) is 2.07. The van der Waals surface area contributed by atoms with Crippen molar-refractivity contribution in [2.75, 3.05) is 10.6 Å². The summed E-state index contributed by atoms with van der Waals surface area (Å²) in [5, 5.41) is 11.3. The van der Waals surface area contributed by atoms with Crippen molar-refractivity contribution in [3.05, 3.63) is 36.4 Å². The van der Waals surface area contributed by atoms with Crippen molar-refractivity contribution in [1.29, 1.82) is 0 Å². The normalized spacial score (nSPS) is 9.83. The Bertz CT molecular complexity index is 565. The topological polar surface area (TPSA) is 99.8 Å². The van der Waals surface area contributed by atoms with Gasteiger partial charge >= 0.3 is 0 Å². The molecule has 1 aromatic carbocycles. The smallest absolute Gasteiger partial charge is 0.292 e. The highest BCUT2D eigenvalue weighted by Crippen LogP contribution is 2.15. The molecule has 0 aliphatic rings. The third kappa shape index (κ3) is 2.91. The Balaban J connectivity index is 2.10. The van der Waals surface area contributed by atoms with Gasteiger partial charge in [-0.3, -0.25) is 14.7 Å². The number of aromatic amines is 1. The Morgan fingerprint density at radius 2 is 1.94 bits per heavy atom. The number of hydrogen-bond acceptors (Lipinski definition) is 4. The van der Waals surface area contributed by atoms with Gasteiger partial charge in [0.1, 0.15) is 6.33 Å². The van der Waals surface area contributed by atoms with Crippen LogP contribution in [0.25, 0.3) is 0 Å². The summed E-state index contributed by atoms with van der Waals surface area (Å²) in [6.07, 6.45) is 1.25. The fourth-order valence-corrected chi connectivity index (χ4v) is 1.38. The van der Waals surface area contributed by atoms with Crippen LogP contribution >= 0.6 is 0 Å². The zero-order chi connectivity index (χ0) is 13.0. The van der Waals surface area contributed by atoms with E-state index in [4.69, 9.17) is 0 Å². The number of carbonyl (C=O) groups is 2. The summed E-state index contributed by atoms with van der Waals surface area (Å²) in [7, 11) is 0. The van der Waals surface area contributed by atoms with Gasteiger partial charge in [-0.1, -0.05) is 6.07 Å². The molecule has 2 amide bonds. The van der Waals surface area contributed by atoms with E-state index in [1.165, 1.54) is 13.3 Å². The van der Waals surface area contributed by atoms with E-state index in [1.54, 1.807) is 24.3 Å². The van der Waals surface area contributed by atoms with E-state index in [0.29, 0.717) is 11.4 Å². The molecular formula is C11H11N5O2. The van der Waals surface area contributed by atoms with E-state index >= 15 is 0 Å². The molecule has 0 spiro atoms. The summed E-state index contributed by atoms with van der Waals surface area (Å²) in [5.74, 6) is -0.443. The second-order valence-electron chi connectivity index (χ2n) is 3.55. The van der Waals surface area contributed by atoms with E-state index in [9.17, 15) is 9.59 Å². The van der Waals surface area contributed by atoms with Gasteiger partial charge in [0.15, 0.2) is 0 Å². The van der Waals surface area contributed by atoms with Gasteiger partial charge in [0.05, 0.1) is 0 Å². The van der Waals surface area contributed by atoms with Crippen LogP contribution in [0.5, 0.6) is 0 Å². The molecule has 0 aliphatic carbocycles.